The van der Waals surface area contributed by atoms with Crippen molar-refractivity contribution in [3.05, 3.63) is 33.9 Å². The molecule has 0 atom stereocenters. The second-order valence-electron chi connectivity index (χ2n) is 4.36. The van der Waals surface area contributed by atoms with Crippen LogP contribution in [0.3, 0.4) is 0 Å². The second-order valence-corrected chi connectivity index (χ2v) is 4.36. The predicted octanol–water partition coefficient (Wildman–Crippen LogP) is 1.23. The standard InChI is InChI=1S/C11H12N2O5/c14-6-11(3-4-11)12-9-5-7(13(17)18)1-2-8(9)10(15)16/h1-2,5,12,14H,3-4,6H2,(H,15,16). The Morgan fingerprint density at radius 1 is 1.50 bits per heavy atom. The molecule has 1 aromatic rings. The number of carbonyl (C=O) groups is 1. The molecule has 1 saturated carbocycles. The zero-order valence-electron chi connectivity index (χ0n) is 9.42. The lowest BCUT2D eigenvalue weighted by atomic mass is 10.1. The van der Waals surface area contributed by atoms with Gasteiger partial charge >= 0.3 is 5.97 Å². The minimum atomic E-state index is -1.17. The van der Waals surface area contributed by atoms with Crippen LogP contribution in [0.1, 0.15) is 23.2 Å². The van der Waals surface area contributed by atoms with Gasteiger partial charge in [-0.05, 0) is 18.9 Å². The molecular formula is C11H12N2O5. The van der Waals surface area contributed by atoms with Crippen molar-refractivity contribution in [2.45, 2.75) is 18.4 Å². The van der Waals surface area contributed by atoms with Gasteiger partial charge in [0.15, 0.2) is 0 Å². The van der Waals surface area contributed by atoms with Gasteiger partial charge in [0.1, 0.15) is 0 Å². The van der Waals surface area contributed by atoms with Gasteiger partial charge in [0.2, 0.25) is 0 Å². The van der Waals surface area contributed by atoms with Gasteiger partial charge in [0, 0.05) is 12.1 Å². The normalized spacial score (nSPS) is 16.1. The molecule has 96 valence electrons. The van der Waals surface area contributed by atoms with E-state index in [0.29, 0.717) is 12.8 Å². The maximum atomic E-state index is 11.0. The number of carboxylic acids is 1. The highest BCUT2D eigenvalue weighted by atomic mass is 16.6. The highest BCUT2D eigenvalue weighted by Gasteiger charge is 2.42. The summed E-state index contributed by atoms with van der Waals surface area (Å²) in [5, 5.41) is 31.7. The average Bonchev–Trinajstić information content (AvgIpc) is 3.09. The number of nitro groups is 1. The van der Waals surface area contributed by atoms with Crippen LogP contribution in [0.5, 0.6) is 0 Å². The van der Waals surface area contributed by atoms with Crippen LogP contribution in [0, 0.1) is 10.1 Å². The second kappa shape index (κ2) is 4.26. The molecule has 0 bridgehead atoms. The van der Waals surface area contributed by atoms with Crippen LogP contribution >= 0.6 is 0 Å². The lowest BCUT2D eigenvalue weighted by Crippen LogP contribution is -2.26. The Labute approximate surface area is 102 Å². The van der Waals surface area contributed by atoms with E-state index < -0.39 is 16.4 Å². The predicted molar refractivity (Wildman–Crippen MR) is 62.7 cm³/mol. The molecule has 1 aliphatic carbocycles. The zero-order chi connectivity index (χ0) is 13.3. The van der Waals surface area contributed by atoms with Crippen LogP contribution in [-0.2, 0) is 0 Å². The number of hydrogen-bond donors (Lipinski definition) is 3. The van der Waals surface area contributed by atoms with Crippen molar-refractivity contribution in [2.24, 2.45) is 0 Å². The average molecular weight is 252 g/mol. The molecule has 0 aliphatic heterocycles. The maximum Gasteiger partial charge on any atom is 0.337 e. The van der Waals surface area contributed by atoms with E-state index in [-0.39, 0.29) is 23.5 Å². The topological polar surface area (TPSA) is 113 Å². The number of non-ortho nitro benzene ring substituents is 1. The number of aliphatic hydroxyl groups is 1. The highest BCUT2D eigenvalue weighted by molar-refractivity contribution is 5.95. The first-order valence-electron chi connectivity index (χ1n) is 5.38. The minimum Gasteiger partial charge on any atom is -0.478 e. The van der Waals surface area contributed by atoms with E-state index in [9.17, 15) is 20.0 Å². The molecule has 18 heavy (non-hydrogen) atoms. The van der Waals surface area contributed by atoms with Crippen LogP contribution in [0.4, 0.5) is 11.4 Å². The molecule has 3 N–H and O–H groups in total. The van der Waals surface area contributed by atoms with Crippen molar-refractivity contribution < 1.29 is 19.9 Å². The van der Waals surface area contributed by atoms with Crippen molar-refractivity contribution in [3.8, 4) is 0 Å². The number of rotatable bonds is 5. The van der Waals surface area contributed by atoms with Gasteiger partial charge in [-0.3, -0.25) is 10.1 Å². The van der Waals surface area contributed by atoms with Crippen molar-refractivity contribution in [1.29, 1.82) is 0 Å². The molecule has 1 aliphatic rings. The number of benzene rings is 1. The van der Waals surface area contributed by atoms with Gasteiger partial charge in [0.05, 0.1) is 28.3 Å². The number of aliphatic hydroxyl groups excluding tert-OH is 1. The van der Waals surface area contributed by atoms with Gasteiger partial charge in [-0.15, -0.1) is 0 Å². The summed E-state index contributed by atoms with van der Waals surface area (Å²) in [6.45, 7) is -0.130. The Morgan fingerprint density at radius 3 is 2.61 bits per heavy atom. The molecule has 1 aromatic carbocycles. The van der Waals surface area contributed by atoms with E-state index in [0.717, 1.165) is 6.07 Å². The van der Waals surface area contributed by atoms with Gasteiger partial charge < -0.3 is 15.5 Å². The van der Waals surface area contributed by atoms with E-state index in [4.69, 9.17) is 5.11 Å². The first-order chi connectivity index (χ1) is 8.47. The lowest BCUT2D eigenvalue weighted by molar-refractivity contribution is -0.384. The van der Waals surface area contributed by atoms with E-state index in [1.54, 1.807) is 0 Å². The number of nitrogens with one attached hydrogen (secondary N) is 1. The fourth-order valence-electron chi connectivity index (χ4n) is 1.69. The van der Waals surface area contributed by atoms with Crippen LogP contribution in [0.2, 0.25) is 0 Å². The maximum absolute atomic E-state index is 11.0. The number of nitrogens with zero attached hydrogens (tertiary/aromatic N) is 1. The molecule has 0 aromatic heterocycles. The largest absolute Gasteiger partial charge is 0.478 e. The molecule has 0 heterocycles. The van der Waals surface area contributed by atoms with E-state index in [1.165, 1.54) is 12.1 Å². The molecule has 0 saturated heterocycles. The third kappa shape index (κ3) is 2.25. The molecule has 2 rings (SSSR count). The number of nitro benzene ring substituents is 1. The van der Waals surface area contributed by atoms with Crippen LogP contribution in [-0.4, -0.2) is 33.3 Å². The van der Waals surface area contributed by atoms with Gasteiger partial charge in [0.25, 0.3) is 5.69 Å². The summed E-state index contributed by atoms with van der Waals surface area (Å²) in [7, 11) is 0. The summed E-state index contributed by atoms with van der Waals surface area (Å²) < 4.78 is 0. The first kappa shape index (κ1) is 12.3. The van der Waals surface area contributed by atoms with Crippen LogP contribution in [0.15, 0.2) is 18.2 Å². The third-order valence-corrected chi connectivity index (χ3v) is 3.00. The Balaban J connectivity index is 2.37. The summed E-state index contributed by atoms with van der Waals surface area (Å²) in [5.74, 6) is -1.17. The first-order valence-corrected chi connectivity index (χ1v) is 5.38. The quantitative estimate of drug-likeness (QED) is 0.536. The fourth-order valence-corrected chi connectivity index (χ4v) is 1.69. The van der Waals surface area contributed by atoms with Gasteiger partial charge in [-0.1, -0.05) is 0 Å². The highest BCUT2D eigenvalue weighted by Crippen LogP contribution is 2.39. The number of hydrogen-bond acceptors (Lipinski definition) is 5. The Morgan fingerprint density at radius 2 is 2.17 bits per heavy atom. The van der Waals surface area contributed by atoms with Crippen molar-refractivity contribution in [1.82, 2.24) is 0 Å². The summed E-state index contributed by atoms with van der Waals surface area (Å²) in [5.41, 5.74) is -0.584. The van der Waals surface area contributed by atoms with Crippen molar-refractivity contribution in [3.63, 3.8) is 0 Å². The molecule has 0 radical (unpaired) electrons. The summed E-state index contributed by atoms with van der Waals surface area (Å²) in [4.78, 5) is 21.1. The van der Waals surface area contributed by atoms with Crippen molar-refractivity contribution in [2.75, 3.05) is 11.9 Å². The van der Waals surface area contributed by atoms with Gasteiger partial charge in [-0.25, -0.2) is 4.79 Å². The SMILES string of the molecule is O=C(O)c1ccc([N+](=O)[O-])cc1NC1(CO)CC1. The van der Waals surface area contributed by atoms with Gasteiger partial charge in [-0.2, -0.15) is 0 Å². The smallest absolute Gasteiger partial charge is 0.337 e. The molecule has 1 fully saturated rings. The number of aromatic carboxylic acids is 1. The minimum absolute atomic E-state index is 0.0414. The Bertz CT molecular complexity index is 510. The monoisotopic (exact) mass is 252 g/mol. The number of anilines is 1. The Kier molecular flexibility index (Phi) is 2.92. The van der Waals surface area contributed by atoms with E-state index >= 15 is 0 Å². The Hall–Kier alpha value is -2.15. The summed E-state index contributed by atoms with van der Waals surface area (Å²) >= 11 is 0. The van der Waals surface area contributed by atoms with Crippen LogP contribution in [0.25, 0.3) is 0 Å². The van der Waals surface area contributed by atoms with E-state index in [1.807, 2.05) is 0 Å². The molecule has 0 unspecified atom stereocenters. The lowest BCUT2D eigenvalue weighted by Gasteiger charge is -2.17. The molecular weight excluding hydrogens is 240 g/mol. The van der Waals surface area contributed by atoms with E-state index in [2.05, 4.69) is 5.32 Å². The van der Waals surface area contributed by atoms with Crippen LogP contribution < -0.4 is 5.32 Å². The third-order valence-electron chi connectivity index (χ3n) is 3.00. The molecule has 7 heteroatoms. The number of carboxylic acid groups (broad SMARTS) is 1. The zero-order valence-corrected chi connectivity index (χ0v) is 9.42. The molecule has 0 spiro atoms. The summed E-state index contributed by atoms with van der Waals surface area (Å²) in [6.07, 6.45) is 1.43. The summed E-state index contributed by atoms with van der Waals surface area (Å²) in [6, 6.07) is 3.52. The fraction of sp³-hybridized carbons (Fsp3) is 0.364. The molecule has 7 nitrogen and oxygen atoms in total. The molecule has 0 amide bonds. The van der Waals surface area contributed by atoms with Crippen molar-refractivity contribution >= 4 is 17.3 Å².